The molecule has 0 saturated heterocycles. The summed E-state index contributed by atoms with van der Waals surface area (Å²) in [4.78, 5) is 17.7. The lowest BCUT2D eigenvalue weighted by Crippen LogP contribution is -2.18. The van der Waals surface area contributed by atoms with Crippen LogP contribution in [0, 0.1) is 69.2 Å². The van der Waals surface area contributed by atoms with Crippen LogP contribution < -0.4 is 29.4 Å². The molecule has 0 atom stereocenters. The Balaban J connectivity index is 0.000000142. The van der Waals surface area contributed by atoms with Crippen molar-refractivity contribution in [2.75, 3.05) is 57.6 Å². The van der Waals surface area contributed by atoms with Crippen LogP contribution in [0.3, 0.4) is 0 Å². The van der Waals surface area contributed by atoms with Crippen LogP contribution in [0.4, 0.5) is 77.6 Å². The Bertz CT molecular complexity index is 6940. The first kappa shape index (κ1) is 102. The molecule has 4 aliphatic rings. The van der Waals surface area contributed by atoms with Gasteiger partial charge in [0.25, 0.3) is 0 Å². The van der Waals surface area contributed by atoms with Gasteiger partial charge < -0.3 is 29.4 Å². The molecule has 18 aromatic rings. The van der Waals surface area contributed by atoms with Crippen molar-refractivity contribution in [3.05, 3.63) is 474 Å². The maximum atomic E-state index is 2.45. The number of nitrogens with zero attached hydrogens (tertiary/aromatic N) is 6. The molecular weight excluding hydrogens is 1750 g/mol. The van der Waals surface area contributed by atoms with Crippen LogP contribution in [-0.2, 0) is 21.7 Å². The lowest BCUT2D eigenvalue weighted by atomic mass is 9.82. The summed E-state index contributed by atoms with van der Waals surface area (Å²) >= 11 is 5.49. The fourth-order valence-electron chi connectivity index (χ4n) is 19.8. The molecule has 9 heteroatoms. The van der Waals surface area contributed by atoms with Crippen molar-refractivity contribution in [1.82, 2.24) is 0 Å². The molecule has 3 heterocycles. The molecule has 712 valence electrons. The number of hydrogen-bond donors (Lipinski definition) is 0. The van der Waals surface area contributed by atoms with E-state index in [2.05, 4.69) is 544 Å². The van der Waals surface area contributed by atoms with Crippen molar-refractivity contribution in [3.8, 4) is 44.5 Å². The maximum Gasteiger partial charge on any atom is 0.100 e. The fourth-order valence-corrected chi connectivity index (χ4v) is 22.4. The van der Waals surface area contributed by atoms with Crippen LogP contribution >= 0.6 is 34.0 Å². The highest BCUT2D eigenvalue weighted by molar-refractivity contribution is 7.16. The Morgan fingerprint density at radius 3 is 0.550 bits per heavy atom. The fraction of sp³-hybridized carbons (Fsp3) is 0.221. The number of rotatable bonds is 14. The first-order valence-corrected chi connectivity index (χ1v) is 50.3. The van der Waals surface area contributed by atoms with Gasteiger partial charge in [-0.2, -0.15) is 0 Å². The Hall–Kier alpha value is -13.8. The monoisotopic (exact) mass is 1890 g/mol. The van der Waals surface area contributed by atoms with E-state index in [4.69, 9.17) is 0 Å². The smallest absolute Gasteiger partial charge is 0.100 e. The second-order valence-corrected chi connectivity index (χ2v) is 43.5. The molecule has 0 radical (unpaired) electrons. The molecule has 6 nitrogen and oxygen atoms in total. The van der Waals surface area contributed by atoms with Gasteiger partial charge in [-0.1, -0.05) is 323 Å². The first-order valence-electron chi connectivity index (χ1n) is 47.9. The number of thiophene rings is 3. The van der Waals surface area contributed by atoms with Crippen molar-refractivity contribution < 1.29 is 0 Å². The summed E-state index contributed by atoms with van der Waals surface area (Å²) in [5, 5.41) is 3.83. The molecular formula is C131H140N6S3. The molecule has 0 aliphatic heterocycles. The van der Waals surface area contributed by atoms with Crippen molar-refractivity contribution >= 4 is 112 Å². The van der Waals surface area contributed by atoms with E-state index in [0.29, 0.717) is 0 Å². The summed E-state index contributed by atoms with van der Waals surface area (Å²) in [7, 11) is 8.21. The van der Waals surface area contributed by atoms with Crippen LogP contribution in [0.15, 0.2) is 376 Å². The van der Waals surface area contributed by atoms with Crippen LogP contribution in [0.1, 0.15) is 176 Å². The third-order valence-electron chi connectivity index (χ3n) is 27.7. The zero-order valence-corrected chi connectivity index (χ0v) is 86.2. The maximum absolute atomic E-state index is 2.45. The van der Waals surface area contributed by atoms with E-state index < -0.39 is 0 Å². The van der Waals surface area contributed by atoms with Crippen LogP contribution in [0.2, 0.25) is 0 Å². The van der Waals surface area contributed by atoms with E-state index in [0.717, 1.165) is 0 Å². The molecule has 3 aromatic heterocycles. The van der Waals surface area contributed by atoms with Gasteiger partial charge >= 0.3 is 0 Å². The van der Waals surface area contributed by atoms with E-state index in [1.807, 2.05) is 48.1 Å². The van der Waals surface area contributed by atoms with E-state index >= 15 is 0 Å². The Morgan fingerprint density at radius 2 is 0.343 bits per heavy atom. The molecule has 15 aromatic carbocycles. The third-order valence-corrected chi connectivity index (χ3v) is 30.8. The summed E-state index contributed by atoms with van der Waals surface area (Å²) in [5.41, 5.74) is 44.1. The second-order valence-electron chi connectivity index (χ2n) is 39.7. The minimum atomic E-state index is -0.0392. The molecule has 0 saturated carbocycles. The zero-order valence-electron chi connectivity index (χ0n) is 83.7. The van der Waals surface area contributed by atoms with E-state index in [1.165, 1.54) is 220 Å². The van der Waals surface area contributed by atoms with Crippen molar-refractivity contribution in [2.24, 2.45) is 0 Å². The van der Waals surface area contributed by atoms with Gasteiger partial charge in [0, 0.05) is 127 Å². The van der Waals surface area contributed by atoms with Crippen molar-refractivity contribution in [3.63, 3.8) is 0 Å². The molecule has 0 unspecified atom stereocenters. The third kappa shape index (κ3) is 21.1. The molecule has 0 fully saturated rings. The first-order chi connectivity index (χ1) is 65.7. The van der Waals surface area contributed by atoms with Crippen LogP contribution in [-0.4, -0.2) is 28.2 Å². The summed E-state index contributed by atoms with van der Waals surface area (Å²) in [5.74, 6) is 0. The van der Waals surface area contributed by atoms with Gasteiger partial charge in [0.2, 0.25) is 0 Å². The quantitative estimate of drug-likeness (QED) is 0.107. The minimum absolute atomic E-state index is 0. The lowest BCUT2D eigenvalue weighted by Gasteiger charge is -2.29. The SMILES string of the molecule is C.C.C.Cc1ccc(N(C)C)cc1.Cc1ccc(N(C)C)s1.Cc1ccc(N(c2ccc(C)cc2)c2ccc(C)cc2)cc1.Cc1ccc(N(c2ccc(C)cc2)c2ccc(C)s2)cc1.Cc1ccc(N(c2ccc3c(c2)C(C)(C)c2ccccc2-3)c2ccc3c(c2)C(C)(C)c2ccccc2-3)cc1.Cc1ccc(N(c2ccc3c(c2)C(C)(C)c2ccccc2-3)c2ccc3c(c2)C(C)(C)c2ccccc2-3)s1. The highest BCUT2D eigenvalue weighted by atomic mass is 32.1. The van der Waals surface area contributed by atoms with Gasteiger partial charge in [-0.3, -0.25) is 0 Å². The molecule has 4 aliphatic carbocycles. The summed E-state index contributed by atoms with van der Waals surface area (Å²) in [6.45, 7) is 40.1. The summed E-state index contributed by atoms with van der Waals surface area (Å²) < 4.78 is 0. The molecule has 0 spiro atoms. The molecule has 0 bridgehead atoms. The average molecular weight is 1890 g/mol. The highest BCUT2D eigenvalue weighted by Gasteiger charge is 2.41. The Kier molecular flexibility index (Phi) is 31.0. The molecule has 22 rings (SSSR count). The number of hydrogen-bond acceptors (Lipinski definition) is 9. The predicted molar refractivity (Wildman–Crippen MR) is 617 cm³/mol. The number of anilines is 14. The number of aryl methyl sites for hydroxylation is 10. The normalized spacial score (nSPS) is 12.8. The van der Waals surface area contributed by atoms with Crippen molar-refractivity contribution in [1.29, 1.82) is 0 Å². The number of fused-ring (bicyclic) bond motifs is 12. The number of benzene rings is 15. The largest absolute Gasteiger partial charge is 0.378 e. The molecule has 0 amide bonds. The van der Waals surface area contributed by atoms with E-state index in [-0.39, 0.29) is 43.9 Å². The van der Waals surface area contributed by atoms with Crippen LogP contribution in [0.25, 0.3) is 44.5 Å². The highest BCUT2D eigenvalue weighted by Crippen LogP contribution is 2.57. The van der Waals surface area contributed by atoms with Gasteiger partial charge in [0.05, 0.1) is 5.00 Å². The second kappa shape index (κ2) is 42.5. The lowest BCUT2D eigenvalue weighted by molar-refractivity contribution is 0.659. The Morgan fingerprint density at radius 1 is 0.164 bits per heavy atom. The van der Waals surface area contributed by atoms with Crippen molar-refractivity contribution in [2.45, 2.75) is 169 Å². The zero-order chi connectivity index (χ0) is 96.5. The van der Waals surface area contributed by atoms with Gasteiger partial charge in [-0.25, -0.2) is 0 Å². The minimum Gasteiger partial charge on any atom is -0.378 e. The molecule has 0 N–H and O–H groups in total. The van der Waals surface area contributed by atoms with Gasteiger partial charge in [-0.05, 0) is 328 Å². The van der Waals surface area contributed by atoms with E-state index in [1.54, 1.807) is 0 Å². The average Bonchev–Trinajstić information content (AvgIpc) is 1.57. The molecule has 140 heavy (non-hydrogen) atoms. The van der Waals surface area contributed by atoms with Gasteiger partial charge in [0.1, 0.15) is 10.0 Å². The summed E-state index contributed by atoms with van der Waals surface area (Å²) in [6.07, 6.45) is 0. The van der Waals surface area contributed by atoms with Crippen LogP contribution in [0.5, 0.6) is 0 Å². The topological polar surface area (TPSA) is 19.4 Å². The summed E-state index contributed by atoms with van der Waals surface area (Å²) in [6, 6.07) is 138. The standard InChI is InChI=1S/C37H33N.C35H31NS.C21H21N.C19H19NS.C9H13N.C7H11NS.3CH4/c1-24-14-16-25(17-15-24)38(26-18-20-30-28-10-6-8-12-32(28)36(2,3)34(30)22-26)27-19-21-31-29-11-7-9-13-33(29)37(4,5)35(31)23-27;1-22-14-19-33(37-22)36(23-15-17-27-25-10-6-8-12-29(25)34(2,3)31(27)20-23)24-16-18-28-26-11-7-9-13-30(26)35(4,5)32(28)21-24;1-16-4-10-19(11-5-16)22(20-12-6-17(2)7-13-20)21-14-8-18(3)9-15-21;1-14-4-9-17(10-5-14)20(19-13-8-16(3)21-19)18-11-6-15(2)7-12-18;1-8-4-6-9(7-5-8)10(2)3;1-6-4-5-7(9-6)8(2)3;;;/h6-23H,1-5H3;6-21H,1-5H3;4-15H,1-3H3;4-13H,1-3H3;4-7H,1-3H3;4-5H,1-3H3;3*1H4. The van der Waals surface area contributed by atoms with Gasteiger partial charge in [-0.15, -0.1) is 34.0 Å². The predicted octanol–water partition coefficient (Wildman–Crippen LogP) is 38.5. The Labute approximate surface area is 849 Å². The van der Waals surface area contributed by atoms with Gasteiger partial charge in [0.15, 0.2) is 0 Å². The van der Waals surface area contributed by atoms with E-state index in [9.17, 15) is 0 Å².